The first kappa shape index (κ1) is 19.3. The second kappa shape index (κ2) is 8.92. The highest BCUT2D eigenvalue weighted by Gasteiger charge is 2.16. The van der Waals surface area contributed by atoms with E-state index in [1.807, 2.05) is 24.3 Å². The third-order valence-corrected chi connectivity index (χ3v) is 4.64. The topological polar surface area (TPSA) is 58.2 Å². The van der Waals surface area contributed by atoms with Gasteiger partial charge in [0.1, 0.15) is 17.7 Å². The fraction of sp³-hybridized carbons (Fsp3) is 0.350. The largest absolute Gasteiger partial charge is 0.378 e. The van der Waals surface area contributed by atoms with Crippen molar-refractivity contribution < 1.29 is 23.6 Å². The zero-order chi connectivity index (χ0) is 19.2. The molecule has 3 rings (SSSR count). The van der Waals surface area contributed by atoms with Crippen molar-refractivity contribution in [1.82, 2.24) is 0 Å². The minimum Gasteiger partial charge on any atom is -0.378 e. The smallest absolute Gasteiger partial charge is 0.279 e. The Morgan fingerprint density at radius 2 is 1.89 bits per heavy atom. The number of anilines is 2. The van der Waals surface area contributed by atoms with E-state index in [1.165, 1.54) is 12.1 Å². The normalized spacial score (nSPS) is 15.4. The van der Waals surface area contributed by atoms with Crippen LogP contribution in [0.3, 0.4) is 0 Å². The van der Waals surface area contributed by atoms with Gasteiger partial charge in [0.05, 0.1) is 13.2 Å². The molecule has 2 aromatic rings. The number of rotatable bonds is 6. The lowest BCUT2D eigenvalue weighted by Gasteiger charge is -2.28. The monoisotopic (exact) mass is 376 g/mol. The molecule has 0 bridgehead atoms. The zero-order valence-electron chi connectivity index (χ0n) is 15.3. The van der Waals surface area contributed by atoms with Crippen LogP contribution in [0.1, 0.15) is 18.5 Å². The molecule has 0 aromatic heterocycles. The van der Waals surface area contributed by atoms with Crippen LogP contribution in [0.2, 0.25) is 0 Å². The average molecular weight is 376 g/mol. The van der Waals surface area contributed by atoms with Gasteiger partial charge in [-0.05, 0) is 43.3 Å². The van der Waals surface area contributed by atoms with Crippen LogP contribution in [-0.2, 0) is 9.53 Å². The van der Waals surface area contributed by atoms with Crippen molar-refractivity contribution in [2.45, 2.75) is 13.0 Å². The van der Waals surface area contributed by atoms with E-state index in [0.29, 0.717) is 11.3 Å². The standard InChI is InChI=1S/C20H23F2N3O2/c1-14(18-7-2-15(21)12-19(18)22)23-13-20(26)24-16-3-5-17(6-4-16)25-8-10-27-11-9-25/h2-7,12,14,23H,8-11,13H2,1H3,(H,24,26)/p+1/t14-/m0/s1. The summed E-state index contributed by atoms with van der Waals surface area (Å²) in [6.45, 7) is 5.09. The number of ether oxygens (including phenoxy) is 1. The van der Waals surface area contributed by atoms with E-state index < -0.39 is 11.6 Å². The van der Waals surface area contributed by atoms with Crippen molar-refractivity contribution in [3.63, 3.8) is 0 Å². The first-order valence-corrected chi connectivity index (χ1v) is 9.04. The molecule has 1 fully saturated rings. The maximum absolute atomic E-state index is 13.8. The highest BCUT2D eigenvalue weighted by Crippen LogP contribution is 2.19. The molecule has 2 aromatic carbocycles. The molecule has 1 amide bonds. The number of hydrogen-bond donors (Lipinski definition) is 2. The highest BCUT2D eigenvalue weighted by atomic mass is 19.1. The number of amides is 1. The van der Waals surface area contributed by atoms with Gasteiger partial charge in [-0.15, -0.1) is 0 Å². The molecular weight excluding hydrogens is 352 g/mol. The number of carbonyl (C=O) groups is 1. The van der Waals surface area contributed by atoms with E-state index in [-0.39, 0.29) is 18.5 Å². The summed E-state index contributed by atoms with van der Waals surface area (Å²) < 4.78 is 32.1. The molecule has 3 N–H and O–H groups in total. The van der Waals surface area contributed by atoms with Crippen molar-refractivity contribution in [1.29, 1.82) is 0 Å². The lowest BCUT2D eigenvalue weighted by Crippen LogP contribution is -2.86. The van der Waals surface area contributed by atoms with Gasteiger partial charge in [0.2, 0.25) is 0 Å². The number of morpholine rings is 1. The molecule has 0 spiro atoms. The van der Waals surface area contributed by atoms with Gasteiger partial charge in [0, 0.05) is 36.1 Å². The Morgan fingerprint density at radius 1 is 1.19 bits per heavy atom. The quantitative estimate of drug-likeness (QED) is 0.812. The Hall–Kier alpha value is -2.51. The second-order valence-electron chi connectivity index (χ2n) is 6.59. The highest BCUT2D eigenvalue weighted by molar-refractivity contribution is 5.91. The van der Waals surface area contributed by atoms with Crippen molar-refractivity contribution in [2.24, 2.45) is 0 Å². The number of quaternary nitrogens is 1. The van der Waals surface area contributed by atoms with Crippen LogP contribution < -0.4 is 15.5 Å². The van der Waals surface area contributed by atoms with Gasteiger partial charge in [0.15, 0.2) is 6.54 Å². The lowest BCUT2D eigenvalue weighted by atomic mass is 10.1. The third-order valence-electron chi connectivity index (χ3n) is 4.64. The Morgan fingerprint density at radius 3 is 2.56 bits per heavy atom. The molecule has 1 saturated heterocycles. The van der Waals surface area contributed by atoms with E-state index in [9.17, 15) is 13.6 Å². The van der Waals surface area contributed by atoms with Crippen molar-refractivity contribution in [2.75, 3.05) is 43.1 Å². The molecule has 1 aliphatic rings. The molecule has 27 heavy (non-hydrogen) atoms. The van der Waals surface area contributed by atoms with E-state index in [1.54, 1.807) is 12.2 Å². The molecule has 1 heterocycles. The Kier molecular flexibility index (Phi) is 6.36. The molecule has 0 aliphatic carbocycles. The molecule has 5 nitrogen and oxygen atoms in total. The van der Waals surface area contributed by atoms with Crippen LogP contribution in [0, 0.1) is 11.6 Å². The summed E-state index contributed by atoms with van der Waals surface area (Å²) in [7, 11) is 0. The fourth-order valence-electron chi connectivity index (χ4n) is 3.07. The average Bonchev–Trinajstić information content (AvgIpc) is 2.67. The number of nitrogens with two attached hydrogens (primary N) is 1. The van der Waals surface area contributed by atoms with Gasteiger partial charge in [-0.1, -0.05) is 0 Å². The summed E-state index contributed by atoms with van der Waals surface area (Å²) in [5, 5.41) is 4.55. The van der Waals surface area contributed by atoms with Crippen molar-refractivity contribution >= 4 is 17.3 Å². The summed E-state index contributed by atoms with van der Waals surface area (Å²) in [6, 6.07) is 10.9. The Bertz CT molecular complexity index is 777. The van der Waals surface area contributed by atoms with Crippen molar-refractivity contribution in [3.8, 4) is 0 Å². The van der Waals surface area contributed by atoms with E-state index in [0.717, 1.165) is 38.1 Å². The van der Waals surface area contributed by atoms with E-state index in [2.05, 4.69) is 10.2 Å². The van der Waals surface area contributed by atoms with E-state index >= 15 is 0 Å². The molecule has 0 unspecified atom stereocenters. The summed E-state index contributed by atoms with van der Waals surface area (Å²) >= 11 is 0. The van der Waals surface area contributed by atoms with Gasteiger partial charge < -0.3 is 20.3 Å². The number of nitrogens with zero attached hydrogens (tertiary/aromatic N) is 1. The maximum Gasteiger partial charge on any atom is 0.279 e. The second-order valence-corrected chi connectivity index (χ2v) is 6.59. The maximum atomic E-state index is 13.8. The molecule has 0 saturated carbocycles. The number of nitrogens with one attached hydrogen (secondary N) is 1. The van der Waals surface area contributed by atoms with Gasteiger partial charge in [-0.2, -0.15) is 0 Å². The Balaban J connectivity index is 1.50. The lowest BCUT2D eigenvalue weighted by molar-refractivity contribution is -0.682. The fourth-order valence-corrected chi connectivity index (χ4v) is 3.07. The summed E-state index contributed by atoms with van der Waals surface area (Å²) in [4.78, 5) is 14.4. The van der Waals surface area contributed by atoms with Crippen LogP contribution >= 0.6 is 0 Å². The molecule has 1 atom stereocenters. The summed E-state index contributed by atoms with van der Waals surface area (Å²) in [6.07, 6.45) is 0. The molecular formula is C20H24F2N3O2+. The van der Waals surface area contributed by atoms with Crippen LogP contribution in [0.4, 0.5) is 20.2 Å². The first-order valence-electron chi connectivity index (χ1n) is 9.04. The third kappa shape index (κ3) is 5.24. The van der Waals surface area contributed by atoms with Crippen molar-refractivity contribution in [3.05, 3.63) is 59.7 Å². The molecule has 0 radical (unpaired) electrons. The summed E-state index contributed by atoms with van der Waals surface area (Å²) in [5.74, 6) is -1.39. The van der Waals surface area contributed by atoms with Gasteiger partial charge in [0.25, 0.3) is 5.91 Å². The zero-order valence-corrected chi connectivity index (χ0v) is 15.3. The molecule has 144 valence electrons. The predicted octanol–water partition coefficient (Wildman–Crippen LogP) is 2.06. The number of hydrogen-bond acceptors (Lipinski definition) is 3. The number of carbonyl (C=O) groups excluding carboxylic acids is 1. The minimum atomic E-state index is -0.610. The summed E-state index contributed by atoms with van der Waals surface area (Å²) in [5.41, 5.74) is 2.19. The van der Waals surface area contributed by atoms with Gasteiger partial charge in [-0.3, -0.25) is 4.79 Å². The molecule has 1 aliphatic heterocycles. The van der Waals surface area contributed by atoms with Crippen LogP contribution in [0.15, 0.2) is 42.5 Å². The molecule has 7 heteroatoms. The Labute approximate surface area is 157 Å². The first-order chi connectivity index (χ1) is 13.0. The van der Waals surface area contributed by atoms with Gasteiger partial charge >= 0.3 is 0 Å². The van der Waals surface area contributed by atoms with Gasteiger partial charge in [-0.25, -0.2) is 8.78 Å². The number of halogens is 2. The van der Waals surface area contributed by atoms with Crippen LogP contribution in [0.5, 0.6) is 0 Å². The van der Waals surface area contributed by atoms with Crippen LogP contribution in [-0.4, -0.2) is 38.8 Å². The SMILES string of the molecule is C[C@H]([NH2+]CC(=O)Nc1ccc(N2CCOCC2)cc1)c1ccc(F)cc1F. The van der Waals surface area contributed by atoms with E-state index in [4.69, 9.17) is 4.74 Å². The number of benzene rings is 2. The predicted molar refractivity (Wildman–Crippen MR) is 99.7 cm³/mol. The minimum absolute atomic E-state index is 0.142. The van der Waals surface area contributed by atoms with Crippen LogP contribution in [0.25, 0.3) is 0 Å².